The fourth-order valence-electron chi connectivity index (χ4n) is 1.84. The lowest BCUT2D eigenvalue weighted by molar-refractivity contribution is 1.34. The summed E-state index contributed by atoms with van der Waals surface area (Å²) in [4.78, 5) is 2.24. The smallest absolute Gasteiger partial charge is 0.162 e. The largest absolute Gasteiger partial charge is 0.191 e. The van der Waals surface area contributed by atoms with E-state index in [0.717, 1.165) is 20.9 Å². The highest BCUT2D eigenvalue weighted by Gasteiger charge is 2.10. The van der Waals surface area contributed by atoms with E-state index in [2.05, 4.69) is 0 Å². The normalized spacial score (nSPS) is 9.85. The Balaban J connectivity index is 2.67. The molecule has 0 aromatic heterocycles. The molecule has 0 bridgehead atoms. The van der Waals surface area contributed by atoms with Crippen molar-refractivity contribution in [3.63, 3.8) is 0 Å². The third-order valence-corrected chi connectivity index (χ3v) is 5.00. The molecular formula is C17H14N2S. The number of hydrogen-bond donors (Lipinski definition) is 0. The quantitative estimate of drug-likeness (QED) is 0.772. The molecule has 3 heteroatoms. The molecule has 0 heterocycles. The Labute approximate surface area is 121 Å². The molecule has 0 aliphatic carbocycles. The Morgan fingerprint density at radius 1 is 0.750 bits per heavy atom. The van der Waals surface area contributed by atoms with Gasteiger partial charge in [-0.2, -0.15) is 10.5 Å². The van der Waals surface area contributed by atoms with E-state index in [1.807, 2.05) is 74.5 Å². The lowest BCUT2D eigenvalue weighted by atomic mass is 10.2. The molecule has 0 atom stereocenters. The van der Waals surface area contributed by atoms with Crippen molar-refractivity contribution in [3.8, 4) is 12.1 Å². The predicted octanol–water partition coefficient (Wildman–Crippen LogP) is 4.21. The highest BCUT2D eigenvalue weighted by molar-refractivity contribution is 8.16. The third kappa shape index (κ3) is 2.96. The van der Waals surface area contributed by atoms with Crippen LogP contribution in [0.3, 0.4) is 0 Å². The highest BCUT2D eigenvalue weighted by Crippen LogP contribution is 2.37. The van der Waals surface area contributed by atoms with Crippen LogP contribution in [0, 0.1) is 36.5 Å². The monoisotopic (exact) mass is 278 g/mol. The second-order valence-electron chi connectivity index (χ2n) is 4.49. The fraction of sp³-hybridized carbons (Fsp3) is 0.118. The van der Waals surface area contributed by atoms with Gasteiger partial charge < -0.3 is 0 Å². The third-order valence-electron chi connectivity index (χ3n) is 2.92. The van der Waals surface area contributed by atoms with E-state index < -0.39 is 10.5 Å². The zero-order valence-electron chi connectivity index (χ0n) is 11.4. The predicted molar refractivity (Wildman–Crippen MR) is 82.7 cm³/mol. The van der Waals surface area contributed by atoms with Crippen LogP contribution in [0.5, 0.6) is 0 Å². The standard InChI is InChI=1S/C17H14N2S/c1-13-3-7-15(8-4-13)20(17(11-18)12-19)16-9-5-14(2)6-10-16/h3-10H,1-2H3. The van der Waals surface area contributed by atoms with Crippen LogP contribution in [0.4, 0.5) is 0 Å². The van der Waals surface area contributed by atoms with Crippen LogP contribution >= 0.6 is 10.5 Å². The zero-order chi connectivity index (χ0) is 14.5. The molecule has 0 radical (unpaired) electrons. The number of rotatable bonds is 2. The first kappa shape index (κ1) is 14.1. The molecule has 0 saturated heterocycles. The molecule has 2 aromatic carbocycles. The minimum Gasteiger partial charge on any atom is -0.191 e. The van der Waals surface area contributed by atoms with E-state index >= 15 is 0 Å². The molecule has 98 valence electrons. The molecule has 0 spiro atoms. The average molecular weight is 278 g/mol. The summed E-state index contributed by atoms with van der Waals surface area (Å²) in [7, 11) is -0.611. The van der Waals surface area contributed by atoms with Gasteiger partial charge in [-0.3, -0.25) is 0 Å². The van der Waals surface area contributed by atoms with Gasteiger partial charge in [0.15, 0.2) is 4.86 Å². The molecular weight excluding hydrogens is 264 g/mol. The van der Waals surface area contributed by atoms with Crippen molar-refractivity contribution in [2.24, 2.45) is 0 Å². The van der Waals surface area contributed by atoms with Crippen LogP contribution in [0.2, 0.25) is 0 Å². The first-order valence-corrected chi connectivity index (χ1v) is 7.43. The van der Waals surface area contributed by atoms with Gasteiger partial charge in [-0.25, -0.2) is 0 Å². The maximum atomic E-state index is 9.23. The van der Waals surface area contributed by atoms with E-state index in [4.69, 9.17) is 0 Å². The molecule has 2 rings (SSSR count). The number of nitrogens with zero attached hydrogens (tertiary/aromatic N) is 2. The maximum Gasteiger partial charge on any atom is 0.162 e. The zero-order valence-corrected chi connectivity index (χ0v) is 12.2. The van der Waals surface area contributed by atoms with Crippen LogP contribution < -0.4 is 0 Å². The second-order valence-corrected chi connectivity index (χ2v) is 6.45. The van der Waals surface area contributed by atoms with Crippen LogP contribution in [0.25, 0.3) is 0 Å². The SMILES string of the molecule is Cc1ccc(S(=C(C#N)C#N)c2ccc(C)cc2)cc1. The van der Waals surface area contributed by atoms with Gasteiger partial charge in [-0.1, -0.05) is 45.9 Å². The van der Waals surface area contributed by atoms with Gasteiger partial charge in [0.05, 0.1) is 0 Å². The van der Waals surface area contributed by atoms with E-state index in [9.17, 15) is 10.5 Å². The van der Waals surface area contributed by atoms with Gasteiger partial charge in [0.2, 0.25) is 0 Å². The highest BCUT2D eigenvalue weighted by atomic mass is 32.2. The van der Waals surface area contributed by atoms with Crippen molar-refractivity contribution in [2.75, 3.05) is 0 Å². The Bertz CT molecular complexity index is 663. The molecule has 2 aromatic rings. The average Bonchev–Trinajstić information content (AvgIpc) is 2.47. The Morgan fingerprint density at radius 3 is 1.40 bits per heavy atom. The van der Waals surface area contributed by atoms with Gasteiger partial charge in [0.1, 0.15) is 12.1 Å². The Hall–Kier alpha value is -2.36. The maximum absolute atomic E-state index is 9.23. The van der Waals surface area contributed by atoms with Crippen LogP contribution in [-0.2, 0) is 0 Å². The van der Waals surface area contributed by atoms with E-state index in [1.54, 1.807) is 0 Å². The van der Waals surface area contributed by atoms with Gasteiger partial charge in [0.25, 0.3) is 0 Å². The second kappa shape index (κ2) is 6.19. The van der Waals surface area contributed by atoms with Gasteiger partial charge in [-0.05, 0) is 38.1 Å². The summed E-state index contributed by atoms with van der Waals surface area (Å²) in [6.45, 7) is 4.04. The van der Waals surface area contributed by atoms with Gasteiger partial charge >= 0.3 is 0 Å². The Morgan fingerprint density at radius 2 is 1.10 bits per heavy atom. The molecule has 20 heavy (non-hydrogen) atoms. The van der Waals surface area contributed by atoms with Crippen LogP contribution in [-0.4, -0.2) is 4.86 Å². The van der Waals surface area contributed by atoms with Crippen molar-refractivity contribution in [1.29, 1.82) is 10.5 Å². The number of hydrogen-bond acceptors (Lipinski definition) is 2. The summed E-state index contributed by atoms with van der Waals surface area (Å²) in [5.74, 6) is 0. The minimum absolute atomic E-state index is 0.248. The topological polar surface area (TPSA) is 47.6 Å². The fourth-order valence-corrected chi connectivity index (χ4v) is 3.58. The van der Waals surface area contributed by atoms with E-state index in [-0.39, 0.29) is 4.86 Å². The van der Waals surface area contributed by atoms with E-state index in [1.165, 1.54) is 0 Å². The lowest BCUT2D eigenvalue weighted by Gasteiger charge is -2.11. The van der Waals surface area contributed by atoms with Crippen molar-refractivity contribution in [1.82, 2.24) is 0 Å². The summed E-state index contributed by atoms with van der Waals surface area (Å²) >= 11 is 0. The summed E-state index contributed by atoms with van der Waals surface area (Å²) in [5, 5.41) is 18.5. The summed E-state index contributed by atoms with van der Waals surface area (Å²) < 4.78 is 0. The van der Waals surface area contributed by atoms with Crippen molar-refractivity contribution >= 4 is 15.3 Å². The van der Waals surface area contributed by atoms with Crippen molar-refractivity contribution in [2.45, 2.75) is 23.6 Å². The van der Waals surface area contributed by atoms with Crippen molar-refractivity contribution in [3.05, 3.63) is 59.7 Å². The van der Waals surface area contributed by atoms with Crippen LogP contribution in [0.15, 0.2) is 58.3 Å². The molecule has 2 nitrogen and oxygen atoms in total. The summed E-state index contributed by atoms with van der Waals surface area (Å²) in [6, 6.07) is 20.1. The minimum atomic E-state index is -0.611. The molecule has 0 amide bonds. The number of benzene rings is 2. The Kier molecular flexibility index (Phi) is 4.35. The molecule has 0 aliphatic heterocycles. The number of aryl methyl sites for hydroxylation is 2. The molecule has 0 unspecified atom stereocenters. The molecule has 0 fully saturated rings. The van der Waals surface area contributed by atoms with E-state index in [0.29, 0.717) is 0 Å². The lowest BCUT2D eigenvalue weighted by Crippen LogP contribution is -1.93. The molecule has 0 aliphatic rings. The first-order chi connectivity index (χ1) is 9.65. The van der Waals surface area contributed by atoms with Gasteiger partial charge in [0, 0.05) is 9.79 Å². The molecule has 0 N–H and O–H groups in total. The number of nitriles is 2. The summed E-state index contributed by atoms with van der Waals surface area (Å²) in [6.07, 6.45) is 0. The summed E-state index contributed by atoms with van der Waals surface area (Å²) in [5.41, 5.74) is 2.33. The van der Waals surface area contributed by atoms with Crippen LogP contribution in [0.1, 0.15) is 11.1 Å². The first-order valence-electron chi connectivity index (χ1n) is 6.20. The van der Waals surface area contributed by atoms with Gasteiger partial charge in [-0.15, -0.1) is 0 Å². The van der Waals surface area contributed by atoms with Crippen molar-refractivity contribution < 1.29 is 0 Å². The molecule has 0 saturated carbocycles.